The minimum Gasteiger partial charge on any atom is -0.316 e. The molecule has 0 aliphatic carbocycles. The average molecular weight is 240 g/mol. The first kappa shape index (κ1) is 11.4. The van der Waals surface area contributed by atoms with Crippen LogP contribution in [0.15, 0.2) is 36.5 Å². The summed E-state index contributed by atoms with van der Waals surface area (Å²) in [5.74, 6) is 0.742. The Bertz CT molecular complexity index is 589. The summed E-state index contributed by atoms with van der Waals surface area (Å²) in [6.07, 6.45) is 1.76. The lowest BCUT2D eigenvalue weighted by Gasteiger charge is -2.14. The molecule has 3 heteroatoms. The third kappa shape index (κ3) is 1.81. The second kappa shape index (κ2) is 4.50. The molecule has 2 aromatic rings. The van der Waals surface area contributed by atoms with Crippen molar-refractivity contribution in [3.05, 3.63) is 42.1 Å². The van der Waals surface area contributed by atoms with Gasteiger partial charge in [-0.2, -0.15) is 0 Å². The van der Waals surface area contributed by atoms with Gasteiger partial charge in [-0.05, 0) is 24.6 Å². The van der Waals surface area contributed by atoms with Crippen LogP contribution < -0.4 is 5.32 Å². The number of fused-ring (bicyclic) bond motifs is 1. The predicted octanol–water partition coefficient (Wildman–Crippen LogP) is 2.27. The number of ketones is 1. The van der Waals surface area contributed by atoms with Crippen LogP contribution >= 0.6 is 0 Å². The van der Waals surface area contributed by atoms with Crippen molar-refractivity contribution in [2.75, 3.05) is 13.1 Å². The number of pyridine rings is 1. The molecule has 92 valence electrons. The zero-order valence-corrected chi connectivity index (χ0v) is 10.4. The molecule has 2 unspecified atom stereocenters. The Morgan fingerprint density at radius 2 is 2.17 bits per heavy atom. The normalized spacial score (nSPS) is 23.4. The molecule has 0 saturated carbocycles. The van der Waals surface area contributed by atoms with Gasteiger partial charge in [-0.15, -0.1) is 0 Å². The van der Waals surface area contributed by atoms with E-state index >= 15 is 0 Å². The Labute approximate surface area is 106 Å². The van der Waals surface area contributed by atoms with Crippen molar-refractivity contribution in [3.8, 4) is 0 Å². The number of carbonyl (C=O) groups is 1. The molecule has 1 aromatic heterocycles. The number of nitrogens with one attached hydrogen (secondary N) is 1. The molecular formula is C15H16N2O. The number of hydrogen-bond acceptors (Lipinski definition) is 3. The minimum absolute atomic E-state index is 0.0933. The first-order valence-corrected chi connectivity index (χ1v) is 6.36. The van der Waals surface area contributed by atoms with Crippen LogP contribution in [0, 0.1) is 11.8 Å². The molecule has 2 heterocycles. The molecule has 1 aromatic carbocycles. The Morgan fingerprint density at radius 3 is 2.94 bits per heavy atom. The second-order valence-electron chi connectivity index (χ2n) is 4.98. The van der Waals surface area contributed by atoms with E-state index in [9.17, 15) is 4.79 Å². The summed E-state index contributed by atoms with van der Waals surface area (Å²) in [6, 6.07) is 9.63. The molecule has 1 aliphatic heterocycles. The smallest absolute Gasteiger partial charge is 0.168 e. The lowest BCUT2D eigenvalue weighted by molar-refractivity contribution is 0.0909. The molecule has 3 rings (SSSR count). The molecule has 0 bridgehead atoms. The van der Waals surface area contributed by atoms with Gasteiger partial charge in [0.1, 0.15) is 0 Å². The van der Waals surface area contributed by atoms with Gasteiger partial charge in [-0.1, -0.05) is 25.1 Å². The minimum atomic E-state index is 0.0933. The number of carbonyl (C=O) groups excluding carboxylic acids is 1. The first-order chi connectivity index (χ1) is 8.77. The number of rotatable bonds is 2. The van der Waals surface area contributed by atoms with Crippen LogP contribution in [0.2, 0.25) is 0 Å². The fourth-order valence-electron chi connectivity index (χ4n) is 2.68. The van der Waals surface area contributed by atoms with Crippen LogP contribution in [0.25, 0.3) is 10.9 Å². The molecule has 0 spiro atoms. The number of nitrogens with zero attached hydrogens (tertiary/aromatic N) is 1. The first-order valence-electron chi connectivity index (χ1n) is 6.36. The summed E-state index contributed by atoms with van der Waals surface area (Å²) >= 11 is 0. The van der Waals surface area contributed by atoms with E-state index in [2.05, 4.69) is 17.2 Å². The largest absolute Gasteiger partial charge is 0.316 e. The third-order valence-corrected chi connectivity index (χ3v) is 3.77. The van der Waals surface area contributed by atoms with E-state index in [1.165, 1.54) is 0 Å². The van der Waals surface area contributed by atoms with Crippen LogP contribution in [0.3, 0.4) is 0 Å². The molecule has 1 saturated heterocycles. The van der Waals surface area contributed by atoms with Crippen LogP contribution in [-0.4, -0.2) is 23.9 Å². The summed E-state index contributed by atoms with van der Waals surface area (Å²) in [4.78, 5) is 16.9. The van der Waals surface area contributed by atoms with Gasteiger partial charge >= 0.3 is 0 Å². The van der Waals surface area contributed by atoms with Crippen LogP contribution in [0.5, 0.6) is 0 Å². The Balaban J connectivity index is 2.06. The summed E-state index contributed by atoms with van der Waals surface area (Å²) in [5, 5.41) is 4.25. The third-order valence-electron chi connectivity index (χ3n) is 3.77. The topological polar surface area (TPSA) is 42.0 Å². The van der Waals surface area contributed by atoms with Crippen LogP contribution in [0.4, 0.5) is 0 Å². The number of benzene rings is 1. The average Bonchev–Trinajstić information content (AvgIpc) is 2.83. The summed E-state index contributed by atoms with van der Waals surface area (Å²) < 4.78 is 0. The van der Waals surface area contributed by atoms with Gasteiger partial charge < -0.3 is 5.32 Å². The monoisotopic (exact) mass is 240 g/mol. The standard InChI is InChI=1S/C15H16N2O/c1-10-8-16-9-13(10)15(18)12-4-2-6-14-11(12)5-3-7-17-14/h2-7,10,13,16H,8-9H2,1H3. The van der Waals surface area contributed by atoms with Crippen molar-refractivity contribution in [2.45, 2.75) is 6.92 Å². The SMILES string of the molecule is CC1CNCC1C(=O)c1cccc2ncccc12. The van der Waals surface area contributed by atoms with Gasteiger partial charge in [0.05, 0.1) is 5.52 Å². The summed E-state index contributed by atoms with van der Waals surface area (Å²) in [6.45, 7) is 3.85. The Hall–Kier alpha value is -1.74. The van der Waals surface area contributed by atoms with Gasteiger partial charge in [0, 0.05) is 29.6 Å². The number of Topliss-reactive ketones (excluding diaryl/α,β-unsaturated/α-hetero) is 1. The van der Waals surface area contributed by atoms with Crippen molar-refractivity contribution in [1.82, 2.24) is 10.3 Å². The maximum absolute atomic E-state index is 12.6. The lowest BCUT2D eigenvalue weighted by atomic mass is 9.88. The molecule has 1 N–H and O–H groups in total. The van der Waals surface area contributed by atoms with E-state index < -0.39 is 0 Å². The van der Waals surface area contributed by atoms with Gasteiger partial charge in [0.2, 0.25) is 0 Å². The Kier molecular flexibility index (Phi) is 2.84. The van der Waals surface area contributed by atoms with E-state index in [1.54, 1.807) is 6.20 Å². The fraction of sp³-hybridized carbons (Fsp3) is 0.333. The van der Waals surface area contributed by atoms with E-state index in [-0.39, 0.29) is 11.7 Å². The molecule has 1 fully saturated rings. The van der Waals surface area contributed by atoms with Crippen molar-refractivity contribution >= 4 is 16.7 Å². The Morgan fingerprint density at radius 1 is 1.28 bits per heavy atom. The van der Waals surface area contributed by atoms with Crippen molar-refractivity contribution in [3.63, 3.8) is 0 Å². The van der Waals surface area contributed by atoms with E-state index in [4.69, 9.17) is 0 Å². The lowest BCUT2D eigenvalue weighted by Crippen LogP contribution is -2.21. The molecular weight excluding hydrogens is 224 g/mol. The van der Waals surface area contributed by atoms with Crippen molar-refractivity contribution < 1.29 is 4.79 Å². The number of aromatic nitrogens is 1. The summed E-state index contributed by atoms with van der Waals surface area (Å²) in [7, 11) is 0. The van der Waals surface area contributed by atoms with Crippen molar-refractivity contribution in [1.29, 1.82) is 0 Å². The molecule has 18 heavy (non-hydrogen) atoms. The predicted molar refractivity (Wildman–Crippen MR) is 71.6 cm³/mol. The highest BCUT2D eigenvalue weighted by Gasteiger charge is 2.30. The van der Waals surface area contributed by atoms with Crippen molar-refractivity contribution in [2.24, 2.45) is 11.8 Å². The highest BCUT2D eigenvalue weighted by atomic mass is 16.1. The highest BCUT2D eigenvalue weighted by molar-refractivity contribution is 6.08. The quantitative estimate of drug-likeness (QED) is 0.819. The fourth-order valence-corrected chi connectivity index (χ4v) is 2.68. The molecule has 0 radical (unpaired) electrons. The van der Waals surface area contributed by atoms with E-state index in [0.717, 1.165) is 29.6 Å². The van der Waals surface area contributed by atoms with E-state index in [0.29, 0.717) is 5.92 Å². The zero-order chi connectivity index (χ0) is 12.5. The second-order valence-corrected chi connectivity index (χ2v) is 4.98. The van der Waals surface area contributed by atoms with Gasteiger partial charge in [0.15, 0.2) is 5.78 Å². The van der Waals surface area contributed by atoms with Crippen LogP contribution in [-0.2, 0) is 0 Å². The van der Waals surface area contributed by atoms with E-state index in [1.807, 2.05) is 30.3 Å². The zero-order valence-electron chi connectivity index (χ0n) is 10.4. The number of hydrogen-bond donors (Lipinski definition) is 1. The molecule has 1 aliphatic rings. The maximum Gasteiger partial charge on any atom is 0.168 e. The van der Waals surface area contributed by atoms with Gasteiger partial charge in [-0.25, -0.2) is 0 Å². The summed E-state index contributed by atoms with van der Waals surface area (Å²) in [5.41, 5.74) is 1.70. The van der Waals surface area contributed by atoms with Gasteiger partial charge in [-0.3, -0.25) is 9.78 Å². The molecule has 2 atom stereocenters. The van der Waals surface area contributed by atoms with Crippen LogP contribution in [0.1, 0.15) is 17.3 Å². The maximum atomic E-state index is 12.6. The molecule has 3 nitrogen and oxygen atoms in total. The highest BCUT2D eigenvalue weighted by Crippen LogP contribution is 2.25. The van der Waals surface area contributed by atoms with Gasteiger partial charge in [0.25, 0.3) is 0 Å². The molecule has 0 amide bonds.